The molecule has 1 aromatic carbocycles. The quantitative estimate of drug-likeness (QED) is 0.748. The highest BCUT2D eigenvalue weighted by Gasteiger charge is 2.05. The molecule has 0 radical (unpaired) electrons. The van der Waals surface area contributed by atoms with Crippen molar-refractivity contribution in [2.75, 3.05) is 5.32 Å². The summed E-state index contributed by atoms with van der Waals surface area (Å²) in [6.07, 6.45) is 5.62. The first-order valence-corrected chi connectivity index (χ1v) is 4.87. The van der Waals surface area contributed by atoms with Crippen LogP contribution in [0.4, 0.5) is 5.69 Å². The van der Waals surface area contributed by atoms with Crippen LogP contribution in [0.1, 0.15) is 0 Å². The Kier molecular flexibility index (Phi) is 2.64. The van der Waals surface area contributed by atoms with E-state index in [0.717, 1.165) is 11.4 Å². The molecule has 0 saturated heterocycles. The highest BCUT2D eigenvalue weighted by molar-refractivity contribution is 6.39. The van der Waals surface area contributed by atoms with Crippen LogP contribution in [0.5, 0.6) is 0 Å². The van der Waals surface area contributed by atoms with Gasteiger partial charge in [0.2, 0.25) is 0 Å². The van der Waals surface area contributed by atoms with Crippen molar-refractivity contribution in [1.82, 2.24) is 0 Å². The van der Waals surface area contributed by atoms with Crippen molar-refractivity contribution in [2.24, 2.45) is 0 Å². The van der Waals surface area contributed by atoms with Crippen molar-refractivity contribution in [3.05, 3.63) is 57.9 Å². The van der Waals surface area contributed by atoms with Gasteiger partial charge in [0.1, 0.15) is 0 Å². The Bertz CT molecular complexity index is 434. The van der Waals surface area contributed by atoms with Gasteiger partial charge in [-0.2, -0.15) is 0 Å². The maximum absolute atomic E-state index is 5.99. The Balaban J connectivity index is 2.33. The molecular weight excluding hydrogens is 217 g/mol. The molecular formula is C11H7Cl2N. The molecule has 1 aromatic rings. The summed E-state index contributed by atoms with van der Waals surface area (Å²) < 4.78 is 0. The predicted molar refractivity (Wildman–Crippen MR) is 60.8 cm³/mol. The van der Waals surface area contributed by atoms with Crippen molar-refractivity contribution in [3.63, 3.8) is 0 Å². The summed E-state index contributed by atoms with van der Waals surface area (Å²) in [6.45, 7) is 0. The third-order valence-electron chi connectivity index (χ3n) is 1.82. The summed E-state index contributed by atoms with van der Waals surface area (Å²) in [4.78, 5) is 0. The van der Waals surface area contributed by atoms with E-state index in [1.54, 1.807) is 12.1 Å². The van der Waals surface area contributed by atoms with Gasteiger partial charge in [0.15, 0.2) is 0 Å². The van der Waals surface area contributed by atoms with Gasteiger partial charge in [0.25, 0.3) is 0 Å². The largest absolute Gasteiger partial charge is 0.347 e. The lowest BCUT2D eigenvalue weighted by Gasteiger charge is -2.08. The summed E-state index contributed by atoms with van der Waals surface area (Å²) in [5.41, 5.74) is 4.59. The second-order valence-electron chi connectivity index (χ2n) is 2.81. The molecule has 14 heavy (non-hydrogen) atoms. The number of anilines is 1. The molecule has 1 nitrogen and oxygen atoms in total. The predicted octanol–water partition coefficient (Wildman–Crippen LogP) is 4.01. The summed E-state index contributed by atoms with van der Waals surface area (Å²) in [7, 11) is 0. The fourth-order valence-corrected chi connectivity index (χ4v) is 1.65. The molecule has 3 heteroatoms. The van der Waals surface area contributed by atoms with Gasteiger partial charge in [-0.05, 0) is 24.3 Å². The van der Waals surface area contributed by atoms with Crippen LogP contribution in [0.25, 0.3) is 0 Å². The Morgan fingerprint density at radius 3 is 2.43 bits per heavy atom. The number of halogens is 2. The Labute approximate surface area is 92.3 Å². The van der Waals surface area contributed by atoms with E-state index in [1.807, 2.05) is 24.3 Å². The Morgan fingerprint density at radius 1 is 1.14 bits per heavy atom. The zero-order valence-corrected chi connectivity index (χ0v) is 8.73. The van der Waals surface area contributed by atoms with Crippen LogP contribution in [0.3, 0.4) is 0 Å². The van der Waals surface area contributed by atoms with E-state index in [2.05, 4.69) is 11.0 Å². The fraction of sp³-hybridized carbons (Fsp3) is 0. The van der Waals surface area contributed by atoms with Crippen LogP contribution in [-0.2, 0) is 0 Å². The second-order valence-corrected chi connectivity index (χ2v) is 3.62. The van der Waals surface area contributed by atoms with Crippen molar-refractivity contribution >= 4 is 28.9 Å². The van der Waals surface area contributed by atoms with Crippen LogP contribution in [0, 0.1) is 0 Å². The SMILES string of the molecule is Clc1cccc(Cl)c1NC1=C=CC=C1. The third kappa shape index (κ3) is 1.85. The summed E-state index contributed by atoms with van der Waals surface area (Å²) in [5.74, 6) is 0. The van der Waals surface area contributed by atoms with E-state index in [0.29, 0.717) is 10.0 Å². The average molecular weight is 224 g/mol. The van der Waals surface area contributed by atoms with Gasteiger partial charge in [-0.25, -0.2) is 0 Å². The van der Waals surface area contributed by atoms with Crippen molar-refractivity contribution in [3.8, 4) is 0 Å². The van der Waals surface area contributed by atoms with Gasteiger partial charge in [-0.3, -0.25) is 0 Å². The van der Waals surface area contributed by atoms with Crippen molar-refractivity contribution in [1.29, 1.82) is 0 Å². The fourth-order valence-electron chi connectivity index (χ4n) is 1.16. The molecule has 0 fully saturated rings. The first-order chi connectivity index (χ1) is 6.77. The topological polar surface area (TPSA) is 12.0 Å². The molecule has 0 aromatic heterocycles. The molecule has 1 aliphatic rings. The van der Waals surface area contributed by atoms with E-state index < -0.39 is 0 Å². The van der Waals surface area contributed by atoms with Crippen LogP contribution in [0.2, 0.25) is 10.0 Å². The molecule has 0 heterocycles. The van der Waals surface area contributed by atoms with Gasteiger partial charge in [-0.15, -0.1) is 0 Å². The lowest BCUT2D eigenvalue weighted by atomic mass is 10.3. The zero-order chi connectivity index (χ0) is 9.97. The minimum atomic E-state index is 0.604. The van der Waals surface area contributed by atoms with E-state index in [1.165, 1.54) is 0 Å². The van der Waals surface area contributed by atoms with E-state index in [4.69, 9.17) is 23.2 Å². The molecule has 0 saturated carbocycles. The molecule has 0 unspecified atom stereocenters. The molecule has 0 amide bonds. The van der Waals surface area contributed by atoms with E-state index >= 15 is 0 Å². The maximum atomic E-state index is 5.99. The van der Waals surface area contributed by atoms with Crippen molar-refractivity contribution < 1.29 is 0 Å². The van der Waals surface area contributed by atoms with Gasteiger partial charge in [0.05, 0.1) is 21.4 Å². The molecule has 70 valence electrons. The summed E-state index contributed by atoms with van der Waals surface area (Å²) in [5, 5.41) is 4.31. The number of nitrogens with one attached hydrogen (secondary N) is 1. The number of allylic oxidation sites excluding steroid dienone is 2. The van der Waals surface area contributed by atoms with Gasteiger partial charge in [0, 0.05) is 0 Å². The van der Waals surface area contributed by atoms with Gasteiger partial charge < -0.3 is 5.32 Å². The Hall–Kier alpha value is -1.14. The molecule has 0 atom stereocenters. The van der Waals surface area contributed by atoms with Crippen molar-refractivity contribution in [2.45, 2.75) is 0 Å². The Morgan fingerprint density at radius 2 is 1.86 bits per heavy atom. The van der Waals surface area contributed by atoms with Gasteiger partial charge in [-0.1, -0.05) is 41.1 Å². The minimum absolute atomic E-state index is 0.604. The first kappa shape index (κ1) is 9.42. The summed E-state index contributed by atoms with van der Waals surface area (Å²) >= 11 is 12.0. The smallest absolute Gasteiger partial charge is 0.0818 e. The third-order valence-corrected chi connectivity index (χ3v) is 2.45. The van der Waals surface area contributed by atoms with E-state index in [9.17, 15) is 0 Å². The number of hydrogen-bond donors (Lipinski definition) is 1. The van der Waals surface area contributed by atoms with Crippen LogP contribution in [0.15, 0.2) is 47.9 Å². The molecule has 2 rings (SSSR count). The van der Waals surface area contributed by atoms with E-state index in [-0.39, 0.29) is 0 Å². The van der Waals surface area contributed by atoms with Crippen LogP contribution < -0.4 is 5.32 Å². The molecule has 0 bridgehead atoms. The molecule has 0 aliphatic heterocycles. The minimum Gasteiger partial charge on any atom is -0.347 e. The molecule has 1 N–H and O–H groups in total. The standard InChI is InChI=1S/C11H7Cl2N/c12-9-6-3-7-10(13)11(9)14-8-4-1-2-5-8/h1-4,6-7,14H. The average Bonchev–Trinajstić information content (AvgIpc) is 2.64. The van der Waals surface area contributed by atoms with Crippen LogP contribution >= 0.6 is 23.2 Å². The normalized spacial score (nSPS) is 13.1. The lowest BCUT2D eigenvalue weighted by Crippen LogP contribution is -1.96. The molecule has 0 spiro atoms. The number of para-hydroxylation sites is 1. The number of rotatable bonds is 2. The van der Waals surface area contributed by atoms with Crippen LogP contribution in [-0.4, -0.2) is 0 Å². The highest BCUT2D eigenvalue weighted by atomic mass is 35.5. The van der Waals surface area contributed by atoms with Gasteiger partial charge >= 0.3 is 0 Å². The zero-order valence-electron chi connectivity index (χ0n) is 7.22. The first-order valence-electron chi connectivity index (χ1n) is 4.12. The lowest BCUT2D eigenvalue weighted by molar-refractivity contribution is 1.50. The monoisotopic (exact) mass is 223 g/mol. The number of hydrogen-bond acceptors (Lipinski definition) is 1. The summed E-state index contributed by atoms with van der Waals surface area (Å²) in [6, 6.07) is 5.39. The highest BCUT2D eigenvalue weighted by Crippen LogP contribution is 2.31. The molecule has 1 aliphatic carbocycles. The second kappa shape index (κ2) is 3.93. The number of benzene rings is 1. The maximum Gasteiger partial charge on any atom is 0.0818 e.